The molecule has 1 heterocycles. The molecule has 0 amide bonds. The lowest BCUT2D eigenvalue weighted by Gasteiger charge is -2.10. The minimum absolute atomic E-state index is 0.301. The molecular weight excluding hydrogens is 447 g/mol. The van der Waals surface area contributed by atoms with Gasteiger partial charge in [-0.15, -0.1) is 0 Å². The van der Waals surface area contributed by atoms with Crippen LogP contribution in [-0.4, -0.2) is 9.55 Å². The number of fused-ring (bicyclic) bond motifs is 1. The van der Waals surface area contributed by atoms with E-state index in [1.165, 1.54) is 6.07 Å². The van der Waals surface area contributed by atoms with E-state index in [4.69, 9.17) is 0 Å². The largest absolute Gasteiger partial charge is 0.319 e. The molecule has 0 unspecified atom stereocenters. The molecule has 1 aromatic heterocycles. The second-order valence-corrected chi connectivity index (χ2v) is 7.59. The van der Waals surface area contributed by atoms with Crippen LogP contribution in [-0.2, 0) is 6.54 Å². The molecule has 0 fully saturated rings. The van der Waals surface area contributed by atoms with Crippen LogP contribution in [0.5, 0.6) is 0 Å². The van der Waals surface area contributed by atoms with Gasteiger partial charge in [-0.1, -0.05) is 62.2 Å². The number of para-hydroxylation sites is 1. The second kappa shape index (κ2) is 6.73. The van der Waals surface area contributed by atoms with Gasteiger partial charge in [0.05, 0.1) is 5.52 Å². The highest BCUT2D eigenvalue weighted by molar-refractivity contribution is 9.10. The predicted octanol–water partition coefficient (Wildman–Crippen LogP) is 6.42. The normalized spacial score (nSPS) is 11.2. The minimum atomic E-state index is -0.301. The highest BCUT2D eigenvalue weighted by Gasteiger charge is 2.15. The van der Waals surface area contributed by atoms with Crippen LogP contribution in [0.25, 0.3) is 22.4 Å². The van der Waals surface area contributed by atoms with Crippen LogP contribution in [0.1, 0.15) is 5.56 Å². The van der Waals surface area contributed by atoms with E-state index in [-0.39, 0.29) is 5.82 Å². The quantitative estimate of drug-likeness (QED) is 0.345. The molecule has 0 bridgehead atoms. The number of hydrogen-bond donors (Lipinski definition) is 0. The van der Waals surface area contributed by atoms with Gasteiger partial charge in [-0.05, 0) is 42.0 Å². The SMILES string of the molecule is Fc1cccc2c1nc(-c1ccc(Br)cc1)n2Cc1ccc(Br)cc1. The van der Waals surface area contributed by atoms with E-state index in [0.29, 0.717) is 12.1 Å². The number of halogens is 3. The van der Waals surface area contributed by atoms with Gasteiger partial charge in [0.15, 0.2) is 5.82 Å². The Bertz CT molecular complexity index is 1040. The van der Waals surface area contributed by atoms with E-state index in [2.05, 4.69) is 53.5 Å². The smallest absolute Gasteiger partial charge is 0.151 e. The number of imidazole rings is 1. The fourth-order valence-electron chi connectivity index (χ4n) is 2.86. The molecule has 0 saturated heterocycles. The summed E-state index contributed by atoms with van der Waals surface area (Å²) in [7, 11) is 0. The number of hydrogen-bond acceptors (Lipinski definition) is 1. The number of benzene rings is 3. The average molecular weight is 460 g/mol. The zero-order valence-electron chi connectivity index (χ0n) is 13.1. The summed E-state index contributed by atoms with van der Waals surface area (Å²) >= 11 is 6.91. The van der Waals surface area contributed by atoms with Crippen LogP contribution >= 0.6 is 31.9 Å². The zero-order chi connectivity index (χ0) is 17.4. The fourth-order valence-corrected chi connectivity index (χ4v) is 3.39. The maximum Gasteiger partial charge on any atom is 0.151 e. The van der Waals surface area contributed by atoms with Crippen molar-refractivity contribution in [1.29, 1.82) is 0 Å². The van der Waals surface area contributed by atoms with Crippen molar-refractivity contribution >= 4 is 42.9 Å². The second-order valence-electron chi connectivity index (χ2n) is 5.76. The summed E-state index contributed by atoms with van der Waals surface area (Å²) in [5.74, 6) is 0.459. The highest BCUT2D eigenvalue weighted by atomic mass is 79.9. The summed E-state index contributed by atoms with van der Waals surface area (Å²) in [6.07, 6.45) is 0. The molecule has 2 nitrogen and oxygen atoms in total. The molecule has 25 heavy (non-hydrogen) atoms. The van der Waals surface area contributed by atoms with E-state index in [1.54, 1.807) is 6.07 Å². The molecule has 0 radical (unpaired) electrons. The van der Waals surface area contributed by atoms with Crippen LogP contribution in [0.2, 0.25) is 0 Å². The van der Waals surface area contributed by atoms with Crippen molar-refractivity contribution in [2.24, 2.45) is 0 Å². The first-order valence-corrected chi connectivity index (χ1v) is 9.35. The van der Waals surface area contributed by atoms with Gasteiger partial charge in [0, 0.05) is 21.1 Å². The van der Waals surface area contributed by atoms with Crippen molar-refractivity contribution in [3.8, 4) is 11.4 Å². The summed E-state index contributed by atoms with van der Waals surface area (Å²) in [5.41, 5.74) is 3.28. The van der Waals surface area contributed by atoms with E-state index in [9.17, 15) is 4.39 Å². The van der Waals surface area contributed by atoms with Gasteiger partial charge in [0.25, 0.3) is 0 Å². The molecule has 0 spiro atoms. The Kier molecular flexibility index (Phi) is 4.44. The fraction of sp³-hybridized carbons (Fsp3) is 0.0500. The monoisotopic (exact) mass is 458 g/mol. The molecule has 3 aromatic carbocycles. The number of rotatable bonds is 3. The molecule has 0 aliphatic rings. The van der Waals surface area contributed by atoms with Gasteiger partial charge < -0.3 is 4.57 Å². The first kappa shape index (κ1) is 16.5. The Morgan fingerprint density at radius 3 is 2.16 bits per heavy atom. The van der Waals surface area contributed by atoms with Gasteiger partial charge in [-0.2, -0.15) is 0 Å². The lowest BCUT2D eigenvalue weighted by molar-refractivity contribution is 0.637. The van der Waals surface area contributed by atoms with Crippen molar-refractivity contribution < 1.29 is 4.39 Å². The van der Waals surface area contributed by atoms with Gasteiger partial charge in [-0.3, -0.25) is 0 Å². The zero-order valence-corrected chi connectivity index (χ0v) is 16.3. The van der Waals surface area contributed by atoms with Gasteiger partial charge in [0.1, 0.15) is 11.3 Å². The van der Waals surface area contributed by atoms with Crippen molar-refractivity contribution in [3.05, 3.63) is 87.1 Å². The van der Waals surface area contributed by atoms with E-state index in [0.717, 1.165) is 31.4 Å². The summed E-state index contributed by atoms with van der Waals surface area (Å²) < 4.78 is 18.4. The van der Waals surface area contributed by atoms with E-state index >= 15 is 0 Å². The molecule has 0 atom stereocenters. The number of nitrogens with zero attached hydrogens (tertiary/aromatic N) is 2. The Hall–Kier alpha value is -1.98. The average Bonchev–Trinajstić information content (AvgIpc) is 2.98. The van der Waals surface area contributed by atoms with Crippen LogP contribution in [0.15, 0.2) is 75.7 Å². The van der Waals surface area contributed by atoms with Crippen LogP contribution in [0.3, 0.4) is 0 Å². The molecule has 4 rings (SSSR count). The third-order valence-electron chi connectivity index (χ3n) is 4.09. The third kappa shape index (κ3) is 3.26. The van der Waals surface area contributed by atoms with E-state index in [1.807, 2.05) is 42.5 Å². The van der Waals surface area contributed by atoms with Gasteiger partial charge in [0.2, 0.25) is 0 Å². The van der Waals surface area contributed by atoms with Crippen molar-refractivity contribution in [1.82, 2.24) is 9.55 Å². The Labute approximate surface area is 161 Å². The molecule has 0 aliphatic carbocycles. The summed E-state index contributed by atoms with van der Waals surface area (Å²) in [6.45, 7) is 0.624. The lowest BCUT2D eigenvalue weighted by atomic mass is 10.2. The Morgan fingerprint density at radius 1 is 0.840 bits per heavy atom. The maximum absolute atomic E-state index is 14.3. The molecule has 0 aliphatic heterocycles. The lowest BCUT2D eigenvalue weighted by Crippen LogP contribution is -2.02. The molecular formula is C20H13Br2FN2. The van der Waals surface area contributed by atoms with Gasteiger partial charge >= 0.3 is 0 Å². The van der Waals surface area contributed by atoms with Crippen LogP contribution < -0.4 is 0 Å². The Morgan fingerprint density at radius 2 is 1.48 bits per heavy atom. The first-order chi connectivity index (χ1) is 12.1. The van der Waals surface area contributed by atoms with Crippen molar-refractivity contribution in [2.75, 3.05) is 0 Å². The molecule has 0 N–H and O–H groups in total. The summed E-state index contributed by atoms with van der Waals surface area (Å²) in [5, 5.41) is 0. The third-order valence-corrected chi connectivity index (χ3v) is 5.14. The maximum atomic E-state index is 14.3. The van der Waals surface area contributed by atoms with Crippen LogP contribution in [0.4, 0.5) is 4.39 Å². The molecule has 4 aromatic rings. The van der Waals surface area contributed by atoms with Gasteiger partial charge in [-0.25, -0.2) is 9.37 Å². The van der Waals surface area contributed by atoms with Crippen LogP contribution in [0, 0.1) is 5.82 Å². The highest BCUT2D eigenvalue weighted by Crippen LogP contribution is 2.28. The number of aromatic nitrogens is 2. The standard InChI is InChI=1S/C20H13Br2FN2/c21-15-8-4-13(5-9-15)12-25-18-3-1-2-17(23)19(18)24-20(25)14-6-10-16(22)11-7-14/h1-11H,12H2. The summed E-state index contributed by atoms with van der Waals surface area (Å²) in [6, 6.07) is 21.1. The summed E-state index contributed by atoms with van der Waals surface area (Å²) in [4.78, 5) is 4.59. The molecule has 5 heteroatoms. The molecule has 124 valence electrons. The Balaban J connectivity index is 1.90. The van der Waals surface area contributed by atoms with Crippen molar-refractivity contribution in [3.63, 3.8) is 0 Å². The van der Waals surface area contributed by atoms with Crippen molar-refractivity contribution in [2.45, 2.75) is 6.54 Å². The molecule has 0 saturated carbocycles. The minimum Gasteiger partial charge on any atom is -0.319 e. The van der Waals surface area contributed by atoms with E-state index < -0.39 is 0 Å². The predicted molar refractivity (Wildman–Crippen MR) is 106 cm³/mol. The first-order valence-electron chi connectivity index (χ1n) is 7.77. The topological polar surface area (TPSA) is 17.8 Å².